The van der Waals surface area contributed by atoms with Crippen molar-refractivity contribution in [1.82, 2.24) is 4.31 Å². The molecular weight excluding hydrogens is 292 g/mol. The average Bonchev–Trinajstić information content (AvgIpc) is 2.34. The summed E-state index contributed by atoms with van der Waals surface area (Å²) in [6, 6.07) is 6.09. The predicted octanol–water partition coefficient (Wildman–Crippen LogP) is 1.74. The van der Waals surface area contributed by atoms with Crippen molar-refractivity contribution in [3.63, 3.8) is 0 Å². The van der Waals surface area contributed by atoms with E-state index in [1.165, 1.54) is 18.2 Å². The van der Waals surface area contributed by atoms with Crippen LogP contribution in [-0.2, 0) is 14.8 Å². The Morgan fingerprint density at radius 1 is 1.38 bits per heavy atom. The van der Waals surface area contributed by atoms with Crippen LogP contribution in [0.4, 0.5) is 0 Å². The van der Waals surface area contributed by atoms with Crippen molar-refractivity contribution in [3.05, 3.63) is 29.3 Å². The van der Waals surface area contributed by atoms with Crippen LogP contribution in [0.5, 0.6) is 0 Å². The number of hydrogen-bond acceptors (Lipinski definition) is 4. The van der Waals surface area contributed by atoms with Gasteiger partial charge in [-0.2, -0.15) is 9.57 Å². The number of aliphatic carboxylic acids is 1. The summed E-state index contributed by atoms with van der Waals surface area (Å²) in [6.07, 6.45) is 0. The van der Waals surface area contributed by atoms with Crippen molar-refractivity contribution >= 4 is 16.0 Å². The third-order valence-corrected chi connectivity index (χ3v) is 5.04. The Morgan fingerprint density at radius 3 is 2.33 bits per heavy atom. The number of rotatable bonds is 4. The summed E-state index contributed by atoms with van der Waals surface area (Å²) in [5.74, 6) is -1.22. The van der Waals surface area contributed by atoms with E-state index in [2.05, 4.69) is 0 Å². The standard InChI is InChI=1S/C14H18N2O4S/c1-10-7-12(6-5-11(10)8-15)21(19,20)16(9-13(17)18)14(2,3)4/h5-7H,9H2,1-4H3,(H,17,18). The Balaban J connectivity index is 3.40. The van der Waals surface area contributed by atoms with Crippen LogP contribution in [0.15, 0.2) is 23.1 Å². The van der Waals surface area contributed by atoms with Gasteiger partial charge in [-0.25, -0.2) is 8.42 Å². The first-order chi connectivity index (χ1) is 9.50. The van der Waals surface area contributed by atoms with E-state index in [-0.39, 0.29) is 4.90 Å². The molecule has 1 N–H and O–H groups in total. The van der Waals surface area contributed by atoms with Crippen LogP contribution in [0, 0.1) is 18.3 Å². The molecule has 0 aromatic heterocycles. The van der Waals surface area contributed by atoms with Crippen molar-refractivity contribution in [3.8, 4) is 6.07 Å². The highest BCUT2D eigenvalue weighted by Crippen LogP contribution is 2.25. The van der Waals surface area contributed by atoms with Gasteiger partial charge in [0.1, 0.15) is 6.54 Å². The van der Waals surface area contributed by atoms with Gasteiger partial charge in [0.2, 0.25) is 10.0 Å². The zero-order valence-corrected chi connectivity index (χ0v) is 13.2. The van der Waals surface area contributed by atoms with Crippen LogP contribution in [0.25, 0.3) is 0 Å². The van der Waals surface area contributed by atoms with Gasteiger partial charge in [-0.1, -0.05) is 0 Å². The van der Waals surface area contributed by atoms with Crippen molar-refractivity contribution in [1.29, 1.82) is 5.26 Å². The van der Waals surface area contributed by atoms with Crippen molar-refractivity contribution in [2.24, 2.45) is 0 Å². The van der Waals surface area contributed by atoms with Crippen molar-refractivity contribution in [2.75, 3.05) is 6.54 Å². The number of sulfonamides is 1. The second-order valence-corrected chi connectivity index (χ2v) is 7.53. The maximum atomic E-state index is 12.6. The molecular formula is C14H18N2O4S. The molecule has 7 heteroatoms. The lowest BCUT2D eigenvalue weighted by Crippen LogP contribution is -2.48. The number of nitrogens with zero attached hydrogens (tertiary/aromatic N) is 2. The third-order valence-electron chi connectivity index (χ3n) is 2.93. The molecule has 0 radical (unpaired) electrons. The van der Waals surface area contributed by atoms with E-state index < -0.39 is 28.1 Å². The summed E-state index contributed by atoms with van der Waals surface area (Å²) in [7, 11) is -3.96. The molecule has 0 bridgehead atoms. The first kappa shape index (κ1) is 17.1. The van der Waals surface area contributed by atoms with E-state index >= 15 is 0 Å². The second-order valence-electron chi connectivity index (χ2n) is 5.66. The number of carboxylic acid groups (broad SMARTS) is 1. The van der Waals surface area contributed by atoms with Crippen LogP contribution in [0.3, 0.4) is 0 Å². The monoisotopic (exact) mass is 310 g/mol. The summed E-state index contributed by atoms with van der Waals surface area (Å²) < 4.78 is 26.2. The lowest BCUT2D eigenvalue weighted by atomic mass is 10.1. The van der Waals surface area contributed by atoms with E-state index in [9.17, 15) is 13.2 Å². The minimum Gasteiger partial charge on any atom is -0.480 e. The largest absolute Gasteiger partial charge is 0.480 e. The summed E-state index contributed by atoms with van der Waals surface area (Å²) in [6.45, 7) is 5.90. The first-order valence-corrected chi connectivity index (χ1v) is 7.69. The molecule has 0 unspecified atom stereocenters. The molecule has 0 amide bonds. The molecule has 114 valence electrons. The van der Waals surface area contributed by atoms with Crippen LogP contribution in [-0.4, -0.2) is 35.9 Å². The lowest BCUT2D eigenvalue weighted by molar-refractivity contribution is -0.138. The number of benzene rings is 1. The number of hydrogen-bond donors (Lipinski definition) is 1. The van der Waals surface area contributed by atoms with Crippen LogP contribution in [0.2, 0.25) is 0 Å². The molecule has 0 fully saturated rings. The van der Waals surface area contributed by atoms with Crippen molar-refractivity contribution in [2.45, 2.75) is 38.1 Å². The van der Waals surface area contributed by atoms with Gasteiger partial charge in [-0.3, -0.25) is 4.79 Å². The van der Waals surface area contributed by atoms with Gasteiger partial charge < -0.3 is 5.11 Å². The normalized spacial score (nSPS) is 12.2. The Kier molecular flexibility index (Phi) is 4.76. The zero-order chi connectivity index (χ0) is 16.4. The smallest absolute Gasteiger partial charge is 0.318 e. The fourth-order valence-electron chi connectivity index (χ4n) is 1.85. The Bertz CT molecular complexity index is 697. The van der Waals surface area contributed by atoms with Gasteiger partial charge >= 0.3 is 5.97 Å². The van der Waals surface area contributed by atoms with E-state index in [1.807, 2.05) is 6.07 Å². The quantitative estimate of drug-likeness (QED) is 0.913. The molecule has 1 aromatic rings. The summed E-state index contributed by atoms with van der Waals surface area (Å²) in [4.78, 5) is 10.9. The molecule has 0 heterocycles. The maximum absolute atomic E-state index is 12.6. The summed E-state index contributed by atoms with van der Waals surface area (Å²) >= 11 is 0. The predicted molar refractivity (Wildman–Crippen MR) is 77.2 cm³/mol. The Labute approximate surface area is 124 Å². The lowest BCUT2D eigenvalue weighted by Gasteiger charge is -2.33. The van der Waals surface area contributed by atoms with Gasteiger partial charge in [0.05, 0.1) is 16.5 Å². The highest BCUT2D eigenvalue weighted by atomic mass is 32.2. The molecule has 21 heavy (non-hydrogen) atoms. The fourth-order valence-corrected chi connectivity index (χ4v) is 3.68. The third kappa shape index (κ3) is 3.80. The fraction of sp³-hybridized carbons (Fsp3) is 0.429. The number of nitriles is 1. The molecule has 0 saturated heterocycles. The van der Waals surface area contributed by atoms with Crippen LogP contribution in [0.1, 0.15) is 31.9 Å². The van der Waals surface area contributed by atoms with E-state index in [0.29, 0.717) is 11.1 Å². The molecule has 1 aromatic carbocycles. The van der Waals surface area contributed by atoms with Crippen molar-refractivity contribution < 1.29 is 18.3 Å². The average molecular weight is 310 g/mol. The molecule has 1 rings (SSSR count). The summed E-state index contributed by atoms with van der Waals surface area (Å²) in [5, 5.41) is 17.8. The second kappa shape index (κ2) is 5.84. The highest BCUT2D eigenvalue weighted by molar-refractivity contribution is 7.89. The van der Waals surface area contributed by atoms with Crippen LogP contribution < -0.4 is 0 Å². The first-order valence-electron chi connectivity index (χ1n) is 6.25. The zero-order valence-electron chi connectivity index (χ0n) is 12.4. The topological polar surface area (TPSA) is 98.5 Å². The molecule has 0 aliphatic heterocycles. The molecule has 6 nitrogen and oxygen atoms in total. The number of carbonyl (C=O) groups is 1. The summed E-state index contributed by atoms with van der Waals surface area (Å²) in [5.41, 5.74) is 0.0382. The number of carboxylic acids is 1. The molecule has 0 saturated carbocycles. The minimum absolute atomic E-state index is 0.0184. The highest BCUT2D eigenvalue weighted by Gasteiger charge is 2.35. The van der Waals surface area contributed by atoms with E-state index in [4.69, 9.17) is 10.4 Å². The number of aryl methyl sites for hydroxylation is 1. The van der Waals surface area contributed by atoms with Gasteiger partial charge in [0, 0.05) is 5.54 Å². The van der Waals surface area contributed by atoms with Gasteiger partial charge in [-0.15, -0.1) is 0 Å². The van der Waals surface area contributed by atoms with Gasteiger partial charge in [-0.05, 0) is 51.5 Å². The molecule has 0 spiro atoms. The Morgan fingerprint density at radius 2 is 1.95 bits per heavy atom. The van der Waals surface area contributed by atoms with Gasteiger partial charge in [0.15, 0.2) is 0 Å². The molecule has 0 aliphatic carbocycles. The minimum atomic E-state index is -3.96. The van der Waals surface area contributed by atoms with E-state index in [0.717, 1.165) is 4.31 Å². The van der Waals surface area contributed by atoms with Crippen LogP contribution >= 0.6 is 0 Å². The van der Waals surface area contributed by atoms with Gasteiger partial charge in [0.25, 0.3) is 0 Å². The SMILES string of the molecule is Cc1cc(S(=O)(=O)N(CC(=O)O)C(C)(C)C)ccc1C#N. The Hall–Kier alpha value is -1.91. The van der Waals surface area contributed by atoms with E-state index in [1.54, 1.807) is 27.7 Å². The maximum Gasteiger partial charge on any atom is 0.318 e. The molecule has 0 atom stereocenters. The molecule has 0 aliphatic rings.